The molecule has 0 aliphatic heterocycles. The summed E-state index contributed by atoms with van der Waals surface area (Å²) >= 11 is 0. The van der Waals surface area contributed by atoms with Gasteiger partial charge in [0, 0.05) is 18.4 Å². The highest BCUT2D eigenvalue weighted by Crippen LogP contribution is 2.25. The van der Waals surface area contributed by atoms with Gasteiger partial charge < -0.3 is 15.2 Å². The summed E-state index contributed by atoms with van der Waals surface area (Å²) < 4.78 is 14.9. The van der Waals surface area contributed by atoms with Crippen LogP contribution in [0.5, 0.6) is 0 Å². The normalized spacial score (nSPS) is 9.93. The van der Waals surface area contributed by atoms with Crippen LogP contribution in [0.3, 0.4) is 0 Å². The highest BCUT2D eigenvalue weighted by Gasteiger charge is 2.28. The van der Waals surface area contributed by atoms with E-state index in [-0.39, 0.29) is 29.2 Å². The summed E-state index contributed by atoms with van der Waals surface area (Å²) in [6.45, 7) is 10.0. The summed E-state index contributed by atoms with van der Waals surface area (Å²) in [6.07, 6.45) is 5.07. The number of anilines is 1. The average Bonchev–Trinajstić information content (AvgIpc) is 2.89. The summed E-state index contributed by atoms with van der Waals surface area (Å²) in [4.78, 5) is 40.2. The Hall–Kier alpha value is -3.91. The van der Waals surface area contributed by atoms with Crippen molar-refractivity contribution in [1.82, 2.24) is 9.88 Å². The van der Waals surface area contributed by atoms with Gasteiger partial charge in [-0.05, 0) is 37.6 Å². The number of Topliss-reactive ketones (excluding diaryl/α,β-unsaturated/α-hetero) is 1. The number of carbonyl (C=O) groups is 3. The summed E-state index contributed by atoms with van der Waals surface area (Å²) in [6, 6.07) is 3.63. The Balaban J connectivity index is 2.38. The topological polar surface area (TPSA) is 84.6 Å². The van der Waals surface area contributed by atoms with Gasteiger partial charge in [0.25, 0.3) is 17.6 Å². The van der Waals surface area contributed by atoms with Crippen molar-refractivity contribution in [3.8, 4) is 12.3 Å². The Morgan fingerprint density at radius 3 is 2.61 bits per heavy atom. The molecule has 0 radical (unpaired) electrons. The summed E-state index contributed by atoms with van der Waals surface area (Å²) in [5.74, 6) is -0.705. The number of aromatic nitrogens is 1. The van der Waals surface area contributed by atoms with Gasteiger partial charge >= 0.3 is 0 Å². The second kappa shape index (κ2) is 8.19. The lowest BCUT2D eigenvalue weighted by Gasteiger charge is -2.07. The monoisotopic (exact) mass is 380 g/mol. The molecule has 0 atom stereocenters. The summed E-state index contributed by atoms with van der Waals surface area (Å²) in [5, 5.41) is 4.88. The molecule has 0 spiro atoms. The van der Waals surface area contributed by atoms with Crippen molar-refractivity contribution in [2.75, 3.05) is 11.9 Å². The fourth-order valence-corrected chi connectivity index (χ4v) is 2.82. The number of terminal acetylenes is 1. The van der Waals surface area contributed by atoms with Crippen molar-refractivity contribution in [1.29, 1.82) is 0 Å². The van der Waals surface area contributed by atoms with Crippen molar-refractivity contribution in [3.63, 3.8) is 0 Å². The molecule has 0 aliphatic rings. The molecule has 8 heteroatoms. The van der Waals surface area contributed by atoms with E-state index >= 15 is 0 Å². The molecule has 142 valence electrons. The van der Waals surface area contributed by atoms with Crippen LogP contribution in [0.15, 0.2) is 18.2 Å². The molecule has 0 fully saturated rings. The lowest BCUT2D eigenvalue weighted by atomic mass is 10.1. The Morgan fingerprint density at radius 1 is 1.32 bits per heavy atom. The van der Waals surface area contributed by atoms with Gasteiger partial charge in [0.2, 0.25) is 5.69 Å². The first kappa shape index (κ1) is 20.4. The van der Waals surface area contributed by atoms with Crippen LogP contribution in [0.4, 0.5) is 15.8 Å². The van der Waals surface area contributed by atoms with E-state index in [9.17, 15) is 18.8 Å². The zero-order valence-electron chi connectivity index (χ0n) is 15.5. The first-order valence-corrected chi connectivity index (χ1v) is 8.13. The van der Waals surface area contributed by atoms with Gasteiger partial charge in [0.1, 0.15) is 5.82 Å². The van der Waals surface area contributed by atoms with E-state index in [1.807, 2.05) is 0 Å². The maximum Gasteiger partial charge on any atom is 0.294 e. The molecule has 0 bridgehead atoms. The summed E-state index contributed by atoms with van der Waals surface area (Å²) in [7, 11) is 1.57. The SMILES string of the molecule is [C-]#[N+]c1cc(NC(=O)c2c(C)c(C(=O)C(=O)NCC#C)n(C)c2C)ccc1F. The third-order valence-corrected chi connectivity index (χ3v) is 4.25. The zero-order valence-corrected chi connectivity index (χ0v) is 15.5. The van der Waals surface area contributed by atoms with Gasteiger partial charge in [0.05, 0.1) is 24.4 Å². The smallest absolute Gasteiger partial charge is 0.294 e. The highest BCUT2D eigenvalue weighted by molar-refractivity contribution is 6.43. The molecule has 7 nitrogen and oxygen atoms in total. The van der Waals surface area contributed by atoms with Crippen LogP contribution in [0.25, 0.3) is 4.85 Å². The first-order chi connectivity index (χ1) is 13.2. The van der Waals surface area contributed by atoms with Crippen molar-refractivity contribution < 1.29 is 18.8 Å². The number of benzene rings is 1. The molecule has 28 heavy (non-hydrogen) atoms. The van der Waals surface area contributed by atoms with Crippen LogP contribution in [0.2, 0.25) is 0 Å². The van der Waals surface area contributed by atoms with Gasteiger partial charge in [-0.25, -0.2) is 9.24 Å². The van der Waals surface area contributed by atoms with Crippen LogP contribution in [-0.4, -0.2) is 28.7 Å². The number of ketones is 1. The quantitative estimate of drug-likeness (QED) is 0.362. The maximum absolute atomic E-state index is 13.5. The molecule has 2 N–H and O–H groups in total. The van der Waals surface area contributed by atoms with E-state index in [0.717, 1.165) is 6.07 Å². The van der Waals surface area contributed by atoms with Crippen LogP contribution < -0.4 is 10.6 Å². The molecule has 0 saturated carbocycles. The molecule has 2 rings (SSSR count). The minimum absolute atomic E-state index is 0.0677. The molecular weight excluding hydrogens is 363 g/mol. The number of carbonyl (C=O) groups excluding carboxylic acids is 3. The van der Waals surface area contributed by atoms with Crippen LogP contribution in [0.1, 0.15) is 32.1 Å². The van der Waals surface area contributed by atoms with E-state index in [4.69, 9.17) is 13.0 Å². The second-order valence-corrected chi connectivity index (χ2v) is 5.94. The van der Waals surface area contributed by atoms with E-state index in [2.05, 4.69) is 21.4 Å². The lowest BCUT2D eigenvalue weighted by molar-refractivity contribution is -0.116. The van der Waals surface area contributed by atoms with Gasteiger partial charge in [0.15, 0.2) is 0 Å². The number of amides is 2. The minimum Gasteiger partial charge on any atom is -0.344 e. The molecule has 0 aliphatic carbocycles. The second-order valence-electron chi connectivity index (χ2n) is 5.94. The van der Waals surface area contributed by atoms with Crippen LogP contribution in [0, 0.1) is 38.6 Å². The van der Waals surface area contributed by atoms with Gasteiger partial charge in [-0.2, -0.15) is 0 Å². The van der Waals surface area contributed by atoms with Crippen molar-refractivity contribution >= 4 is 29.0 Å². The summed E-state index contributed by atoms with van der Waals surface area (Å²) in [5.41, 5.74) is 1.09. The van der Waals surface area contributed by atoms with E-state index < -0.39 is 23.4 Å². The van der Waals surface area contributed by atoms with Crippen LogP contribution in [-0.2, 0) is 11.8 Å². The minimum atomic E-state index is -0.867. The average molecular weight is 380 g/mol. The third kappa shape index (κ3) is 3.76. The number of rotatable bonds is 5. The molecule has 1 aromatic heterocycles. The molecule has 0 unspecified atom stereocenters. The Bertz CT molecular complexity index is 1070. The number of nitrogens with zero attached hydrogens (tertiary/aromatic N) is 2. The van der Waals surface area contributed by atoms with E-state index in [0.29, 0.717) is 11.3 Å². The maximum atomic E-state index is 13.5. The van der Waals surface area contributed by atoms with E-state index in [1.54, 1.807) is 20.9 Å². The predicted octanol–water partition coefficient (Wildman–Crippen LogP) is 2.52. The fraction of sp³-hybridized carbons (Fsp3) is 0.200. The van der Waals surface area contributed by atoms with E-state index in [1.165, 1.54) is 16.7 Å². The standard InChI is InChI=1S/C20H17FN4O3/c1-6-9-23-20(28)18(26)17-11(2)16(12(3)25(17)5)19(27)24-13-7-8-14(21)15(10-13)22-4/h1,7-8,10H,9H2,2-3,5H3,(H,23,28)(H,24,27). The molecule has 2 amide bonds. The van der Waals surface area contributed by atoms with Gasteiger partial charge in [-0.1, -0.05) is 5.92 Å². The largest absolute Gasteiger partial charge is 0.344 e. The lowest BCUT2D eigenvalue weighted by Crippen LogP contribution is -2.32. The third-order valence-electron chi connectivity index (χ3n) is 4.25. The van der Waals surface area contributed by atoms with Gasteiger partial charge in [-0.3, -0.25) is 14.4 Å². The molecule has 2 aromatic rings. The van der Waals surface area contributed by atoms with Crippen LogP contribution >= 0.6 is 0 Å². The Morgan fingerprint density at radius 2 is 2.00 bits per heavy atom. The Kier molecular flexibility index (Phi) is 5.97. The molecular formula is C20H17FN4O3. The number of nitrogens with one attached hydrogen (secondary N) is 2. The zero-order chi connectivity index (χ0) is 21.0. The molecule has 0 saturated heterocycles. The number of halogens is 1. The number of hydrogen-bond donors (Lipinski definition) is 2. The fourth-order valence-electron chi connectivity index (χ4n) is 2.82. The molecule has 1 heterocycles. The predicted molar refractivity (Wildman–Crippen MR) is 102 cm³/mol. The number of hydrogen-bond acceptors (Lipinski definition) is 3. The van der Waals surface area contributed by atoms with Crippen molar-refractivity contribution in [2.45, 2.75) is 13.8 Å². The Labute approximate surface area is 161 Å². The first-order valence-electron chi connectivity index (χ1n) is 8.13. The van der Waals surface area contributed by atoms with Crippen molar-refractivity contribution in [3.05, 3.63) is 57.9 Å². The van der Waals surface area contributed by atoms with Gasteiger partial charge in [-0.15, -0.1) is 6.42 Å². The molecule has 1 aromatic carbocycles. The van der Waals surface area contributed by atoms with Crippen molar-refractivity contribution in [2.24, 2.45) is 7.05 Å². The highest BCUT2D eigenvalue weighted by atomic mass is 19.1.